The SMILES string of the molecule is COc1cc(/C=C/C(=O)NCc2ccc(CN(C)C)cc2)cc(OC)c1. The minimum atomic E-state index is -0.149. The Kier molecular flexibility index (Phi) is 7.24. The molecule has 1 amide bonds. The van der Waals surface area contributed by atoms with E-state index in [0.29, 0.717) is 18.0 Å². The van der Waals surface area contributed by atoms with Gasteiger partial charge in [0.05, 0.1) is 14.2 Å². The minimum Gasteiger partial charge on any atom is -0.497 e. The van der Waals surface area contributed by atoms with E-state index in [1.165, 1.54) is 11.6 Å². The molecule has 2 aromatic carbocycles. The Balaban J connectivity index is 1.91. The average Bonchev–Trinajstić information content (AvgIpc) is 2.65. The molecule has 0 unspecified atom stereocenters. The van der Waals surface area contributed by atoms with Crippen LogP contribution in [0, 0.1) is 0 Å². The lowest BCUT2D eigenvalue weighted by molar-refractivity contribution is -0.116. The van der Waals surface area contributed by atoms with E-state index in [-0.39, 0.29) is 5.91 Å². The molecule has 138 valence electrons. The number of benzene rings is 2. The third kappa shape index (κ3) is 6.26. The summed E-state index contributed by atoms with van der Waals surface area (Å²) in [6, 6.07) is 13.7. The molecule has 0 bridgehead atoms. The summed E-state index contributed by atoms with van der Waals surface area (Å²) in [5, 5.41) is 2.89. The van der Waals surface area contributed by atoms with Crippen molar-refractivity contribution >= 4 is 12.0 Å². The number of carbonyl (C=O) groups is 1. The Labute approximate surface area is 155 Å². The Morgan fingerprint density at radius 3 is 2.12 bits per heavy atom. The number of rotatable bonds is 8. The summed E-state index contributed by atoms with van der Waals surface area (Å²) in [6.07, 6.45) is 3.25. The Morgan fingerprint density at radius 1 is 1.00 bits per heavy atom. The molecule has 5 heteroatoms. The second-order valence-electron chi connectivity index (χ2n) is 6.25. The van der Waals surface area contributed by atoms with Gasteiger partial charge in [0.15, 0.2) is 0 Å². The zero-order valence-electron chi connectivity index (χ0n) is 15.8. The predicted molar refractivity (Wildman–Crippen MR) is 104 cm³/mol. The van der Waals surface area contributed by atoms with E-state index in [4.69, 9.17) is 9.47 Å². The molecule has 0 aromatic heterocycles. The normalized spacial score (nSPS) is 11.0. The molecule has 26 heavy (non-hydrogen) atoms. The van der Waals surface area contributed by atoms with Gasteiger partial charge in [-0.3, -0.25) is 4.79 Å². The van der Waals surface area contributed by atoms with Crippen LogP contribution in [0.1, 0.15) is 16.7 Å². The molecule has 0 saturated carbocycles. The van der Waals surface area contributed by atoms with Gasteiger partial charge in [0, 0.05) is 25.2 Å². The monoisotopic (exact) mass is 354 g/mol. The molecule has 5 nitrogen and oxygen atoms in total. The molecule has 2 rings (SSSR count). The topological polar surface area (TPSA) is 50.8 Å². The standard InChI is InChI=1S/C21H26N2O3/c1-23(2)15-17-7-5-16(6-8-17)14-22-21(24)10-9-18-11-19(25-3)13-20(12-18)26-4/h5-13H,14-15H2,1-4H3,(H,22,24)/b10-9+. The molecule has 0 saturated heterocycles. The van der Waals surface area contributed by atoms with Crippen molar-refractivity contribution in [1.29, 1.82) is 0 Å². The molecule has 0 radical (unpaired) electrons. The Bertz CT molecular complexity index is 730. The van der Waals surface area contributed by atoms with Gasteiger partial charge in [0.25, 0.3) is 0 Å². The maximum atomic E-state index is 12.0. The summed E-state index contributed by atoms with van der Waals surface area (Å²) in [7, 11) is 7.27. The Hall–Kier alpha value is -2.79. The molecule has 0 fully saturated rings. The third-order valence-electron chi connectivity index (χ3n) is 3.79. The van der Waals surface area contributed by atoms with Crippen LogP contribution < -0.4 is 14.8 Å². The molecule has 0 atom stereocenters. The lowest BCUT2D eigenvalue weighted by Crippen LogP contribution is -2.20. The van der Waals surface area contributed by atoms with Crippen molar-refractivity contribution in [3.8, 4) is 11.5 Å². The lowest BCUT2D eigenvalue weighted by Gasteiger charge is -2.10. The van der Waals surface area contributed by atoms with E-state index < -0.39 is 0 Å². The van der Waals surface area contributed by atoms with Crippen molar-refractivity contribution in [2.75, 3.05) is 28.3 Å². The molecular weight excluding hydrogens is 328 g/mol. The second-order valence-corrected chi connectivity index (χ2v) is 6.25. The highest BCUT2D eigenvalue weighted by atomic mass is 16.5. The lowest BCUT2D eigenvalue weighted by atomic mass is 10.1. The van der Waals surface area contributed by atoms with Crippen LogP contribution in [0.2, 0.25) is 0 Å². The number of methoxy groups -OCH3 is 2. The van der Waals surface area contributed by atoms with E-state index in [2.05, 4.69) is 22.3 Å². The van der Waals surface area contributed by atoms with Gasteiger partial charge in [-0.1, -0.05) is 24.3 Å². The van der Waals surface area contributed by atoms with Crippen LogP contribution in [-0.4, -0.2) is 39.1 Å². The zero-order valence-corrected chi connectivity index (χ0v) is 15.8. The number of hydrogen-bond acceptors (Lipinski definition) is 4. The first-order valence-corrected chi connectivity index (χ1v) is 8.41. The zero-order chi connectivity index (χ0) is 18.9. The summed E-state index contributed by atoms with van der Waals surface area (Å²) >= 11 is 0. The van der Waals surface area contributed by atoms with E-state index in [9.17, 15) is 4.79 Å². The van der Waals surface area contributed by atoms with Gasteiger partial charge in [-0.25, -0.2) is 0 Å². The number of ether oxygens (including phenoxy) is 2. The largest absolute Gasteiger partial charge is 0.497 e. The summed E-state index contributed by atoms with van der Waals surface area (Å²) < 4.78 is 10.5. The van der Waals surface area contributed by atoms with Crippen LogP contribution in [0.15, 0.2) is 48.5 Å². The van der Waals surface area contributed by atoms with Crippen LogP contribution in [0.5, 0.6) is 11.5 Å². The number of amides is 1. The van der Waals surface area contributed by atoms with Gasteiger partial charge in [-0.15, -0.1) is 0 Å². The van der Waals surface area contributed by atoms with Crippen LogP contribution in [0.4, 0.5) is 0 Å². The smallest absolute Gasteiger partial charge is 0.244 e. The fraction of sp³-hybridized carbons (Fsp3) is 0.286. The number of carbonyl (C=O) groups excluding carboxylic acids is 1. The van der Waals surface area contributed by atoms with Gasteiger partial charge >= 0.3 is 0 Å². The van der Waals surface area contributed by atoms with Crippen molar-refractivity contribution in [1.82, 2.24) is 10.2 Å². The summed E-state index contributed by atoms with van der Waals surface area (Å²) in [6.45, 7) is 1.40. The molecule has 2 aromatic rings. The quantitative estimate of drug-likeness (QED) is 0.740. The molecule has 1 N–H and O–H groups in total. The fourth-order valence-electron chi connectivity index (χ4n) is 2.47. The van der Waals surface area contributed by atoms with E-state index in [1.54, 1.807) is 26.4 Å². The van der Waals surface area contributed by atoms with Crippen molar-refractivity contribution < 1.29 is 14.3 Å². The summed E-state index contributed by atoms with van der Waals surface area (Å²) in [4.78, 5) is 14.2. The molecule has 0 aliphatic rings. The molecular formula is C21H26N2O3. The molecule has 0 heterocycles. The van der Waals surface area contributed by atoms with E-state index in [1.807, 2.05) is 38.4 Å². The van der Waals surface area contributed by atoms with E-state index in [0.717, 1.165) is 17.7 Å². The second kappa shape index (κ2) is 9.63. The highest BCUT2D eigenvalue weighted by molar-refractivity contribution is 5.91. The predicted octanol–water partition coefficient (Wildman–Crippen LogP) is 3.10. The van der Waals surface area contributed by atoms with Crippen LogP contribution >= 0.6 is 0 Å². The van der Waals surface area contributed by atoms with Crippen LogP contribution in [-0.2, 0) is 17.9 Å². The van der Waals surface area contributed by atoms with Crippen molar-refractivity contribution in [3.05, 3.63) is 65.2 Å². The first-order valence-electron chi connectivity index (χ1n) is 8.41. The van der Waals surface area contributed by atoms with E-state index >= 15 is 0 Å². The number of nitrogens with zero attached hydrogens (tertiary/aromatic N) is 1. The van der Waals surface area contributed by atoms with Gasteiger partial charge < -0.3 is 19.7 Å². The molecule has 0 aliphatic heterocycles. The number of hydrogen-bond donors (Lipinski definition) is 1. The van der Waals surface area contributed by atoms with Gasteiger partial charge in [-0.05, 0) is 49.0 Å². The number of nitrogens with one attached hydrogen (secondary N) is 1. The average molecular weight is 354 g/mol. The Morgan fingerprint density at radius 2 is 1.58 bits per heavy atom. The van der Waals surface area contributed by atoms with Gasteiger partial charge in [-0.2, -0.15) is 0 Å². The van der Waals surface area contributed by atoms with Crippen LogP contribution in [0.25, 0.3) is 6.08 Å². The third-order valence-corrected chi connectivity index (χ3v) is 3.79. The minimum absolute atomic E-state index is 0.149. The maximum absolute atomic E-state index is 12.0. The fourth-order valence-corrected chi connectivity index (χ4v) is 2.47. The van der Waals surface area contributed by atoms with Crippen molar-refractivity contribution in [2.45, 2.75) is 13.1 Å². The van der Waals surface area contributed by atoms with Crippen molar-refractivity contribution in [2.24, 2.45) is 0 Å². The van der Waals surface area contributed by atoms with Gasteiger partial charge in [0.2, 0.25) is 5.91 Å². The first kappa shape index (κ1) is 19.5. The molecule has 0 aliphatic carbocycles. The maximum Gasteiger partial charge on any atom is 0.244 e. The highest BCUT2D eigenvalue weighted by Gasteiger charge is 2.02. The highest BCUT2D eigenvalue weighted by Crippen LogP contribution is 2.23. The summed E-state index contributed by atoms with van der Waals surface area (Å²) in [5.74, 6) is 1.22. The first-order chi connectivity index (χ1) is 12.5. The van der Waals surface area contributed by atoms with Crippen molar-refractivity contribution in [3.63, 3.8) is 0 Å². The summed E-state index contributed by atoms with van der Waals surface area (Å²) in [5.41, 5.74) is 3.15. The van der Waals surface area contributed by atoms with Crippen LogP contribution in [0.3, 0.4) is 0 Å². The van der Waals surface area contributed by atoms with Gasteiger partial charge in [0.1, 0.15) is 11.5 Å². The molecule has 0 spiro atoms.